The quantitative estimate of drug-likeness (QED) is 0.754. The van der Waals surface area contributed by atoms with Crippen LogP contribution in [0.15, 0.2) is 18.2 Å². The van der Waals surface area contributed by atoms with E-state index in [1.54, 1.807) is 0 Å². The molecule has 0 saturated heterocycles. The van der Waals surface area contributed by atoms with E-state index in [9.17, 15) is 13.6 Å². The Morgan fingerprint density at radius 2 is 2.00 bits per heavy atom. The van der Waals surface area contributed by atoms with Gasteiger partial charge in [0.05, 0.1) is 12.5 Å². The maximum Gasteiger partial charge on any atom is 0.228 e. The second-order valence-electron chi connectivity index (χ2n) is 3.85. The maximum atomic E-state index is 13.4. The van der Waals surface area contributed by atoms with Crippen LogP contribution in [0.25, 0.3) is 0 Å². The van der Waals surface area contributed by atoms with E-state index in [2.05, 4.69) is 0 Å². The van der Waals surface area contributed by atoms with Gasteiger partial charge in [0, 0.05) is 12.1 Å². The molecule has 0 heterocycles. The number of benzene rings is 1. The van der Waals surface area contributed by atoms with Gasteiger partial charge in [0.2, 0.25) is 5.91 Å². The first-order chi connectivity index (χ1) is 8.60. The third-order valence-corrected chi connectivity index (χ3v) is 2.50. The summed E-state index contributed by atoms with van der Waals surface area (Å²) in [7, 11) is 0. The summed E-state index contributed by atoms with van der Waals surface area (Å²) in [6, 6.07) is 5.34. The van der Waals surface area contributed by atoms with Gasteiger partial charge in [-0.3, -0.25) is 4.79 Å². The highest BCUT2D eigenvalue weighted by Crippen LogP contribution is 2.13. The number of hydrogen-bond acceptors (Lipinski definition) is 2. The van der Waals surface area contributed by atoms with Crippen LogP contribution < -0.4 is 0 Å². The third kappa shape index (κ3) is 3.52. The predicted molar refractivity (Wildman–Crippen MR) is 62.5 cm³/mol. The van der Waals surface area contributed by atoms with Gasteiger partial charge in [0.15, 0.2) is 0 Å². The van der Waals surface area contributed by atoms with Crippen LogP contribution in [-0.2, 0) is 11.2 Å². The van der Waals surface area contributed by atoms with E-state index in [4.69, 9.17) is 5.26 Å². The Morgan fingerprint density at radius 3 is 2.50 bits per heavy atom. The number of carbonyl (C=O) groups is 1. The van der Waals surface area contributed by atoms with Crippen LogP contribution in [0.2, 0.25) is 0 Å². The Bertz CT molecular complexity index is 448. The van der Waals surface area contributed by atoms with E-state index in [1.807, 2.05) is 13.0 Å². The van der Waals surface area contributed by atoms with Crippen LogP contribution in [0, 0.1) is 23.0 Å². The van der Waals surface area contributed by atoms with E-state index in [0.717, 1.165) is 12.1 Å². The van der Waals surface area contributed by atoms with E-state index in [0.29, 0.717) is 13.0 Å². The predicted octanol–water partition coefficient (Wildman–Crippen LogP) is 2.27. The first-order valence-corrected chi connectivity index (χ1v) is 5.67. The highest BCUT2D eigenvalue weighted by atomic mass is 19.1. The summed E-state index contributed by atoms with van der Waals surface area (Å²) in [6.45, 7) is 2.20. The van der Waals surface area contributed by atoms with Crippen molar-refractivity contribution in [2.45, 2.75) is 19.8 Å². The Morgan fingerprint density at radius 1 is 1.39 bits per heavy atom. The number of hydrogen-bond donors (Lipinski definition) is 0. The molecule has 0 fully saturated rings. The van der Waals surface area contributed by atoms with Gasteiger partial charge in [-0.1, -0.05) is 13.0 Å². The van der Waals surface area contributed by atoms with Crippen molar-refractivity contribution in [3.63, 3.8) is 0 Å². The highest BCUT2D eigenvalue weighted by molar-refractivity contribution is 5.79. The molecule has 1 rings (SSSR count). The lowest BCUT2D eigenvalue weighted by molar-refractivity contribution is -0.130. The van der Waals surface area contributed by atoms with Crippen LogP contribution in [-0.4, -0.2) is 23.9 Å². The molecule has 0 aliphatic heterocycles. The SMILES string of the molecule is CCCN(CC#N)C(=O)Cc1c(F)cccc1F. The van der Waals surface area contributed by atoms with E-state index < -0.39 is 17.5 Å². The van der Waals surface area contributed by atoms with Gasteiger partial charge < -0.3 is 4.90 Å². The summed E-state index contributed by atoms with van der Waals surface area (Å²) in [5.41, 5.74) is -0.249. The van der Waals surface area contributed by atoms with Gasteiger partial charge in [-0.2, -0.15) is 5.26 Å². The molecule has 96 valence electrons. The number of rotatable bonds is 5. The van der Waals surface area contributed by atoms with Gasteiger partial charge in [0.25, 0.3) is 0 Å². The Kier molecular flexibility index (Phi) is 5.25. The topological polar surface area (TPSA) is 44.1 Å². The monoisotopic (exact) mass is 252 g/mol. The smallest absolute Gasteiger partial charge is 0.228 e. The first-order valence-electron chi connectivity index (χ1n) is 5.67. The Labute approximate surface area is 105 Å². The van der Waals surface area contributed by atoms with Gasteiger partial charge in [-0.15, -0.1) is 0 Å². The van der Waals surface area contributed by atoms with E-state index >= 15 is 0 Å². The lowest BCUT2D eigenvalue weighted by Crippen LogP contribution is -2.33. The minimum atomic E-state index is -0.739. The second kappa shape index (κ2) is 6.70. The molecule has 0 bridgehead atoms. The van der Waals surface area contributed by atoms with Crippen molar-refractivity contribution in [2.75, 3.05) is 13.1 Å². The first kappa shape index (κ1) is 14.1. The number of carbonyl (C=O) groups excluding carboxylic acids is 1. The molecule has 0 spiro atoms. The average molecular weight is 252 g/mol. The molecular formula is C13H14F2N2O. The molecule has 0 radical (unpaired) electrons. The van der Waals surface area contributed by atoms with Crippen molar-refractivity contribution < 1.29 is 13.6 Å². The van der Waals surface area contributed by atoms with Gasteiger partial charge in [0.1, 0.15) is 18.2 Å². The molecule has 0 atom stereocenters. The standard InChI is InChI=1S/C13H14F2N2O/c1-2-7-17(8-6-16)13(18)9-10-11(14)4-3-5-12(10)15/h3-5H,2,7-9H2,1H3. The third-order valence-electron chi connectivity index (χ3n) is 2.50. The molecule has 0 saturated carbocycles. The molecule has 5 heteroatoms. The molecule has 1 amide bonds. The molecule has 0 aliphatic rings. The summed E-state index contributed by atoms with van der Waals surface area (Å²) < 4.78 is 26.7. The lowest BCUT2D eigenvalue weighted by atomic mass is 10.1. The number of nitriles is 1. The minimum Gasteiger partial charge on any atom is -0.329 e. The Hall–Kier alpha value is -1.96. The minimum absolute atomic E-state index is 0.0667. The fourth-order valence-corrected chi connectivity index (χ4v) is 1.61. The number of halogens is 2. The van der Waals surface area contributed by atoms with E-state index in [-0.39, 0.29) is 18.5 Å². The Balaban J connectivity index is 2.83. The normalized spacial score (nSPS) is 9.89. The zero-order chi connectivity index (χ0) is 13.5. The number of amides is 1. The van der Waals surface area contributed by atoms with Crippen LogP contribution in [0.4, 0.5) is 8.78 Å². The van der Waals surface area contributed by atoms with Gasteiger partial charge in [-0.05, 0) is 18.6 Å². The molecule has 0 N–H and O–H groups in total. The van der Waals surface area contributed by atoms with Crippen LogP contribution >= 0.6 is 0 Å². The highest BCUT2D eigenvalue weighted by Gasteiger charge is 2.17. The van der Waals surface area contributed by atoms with E-state index in [1.165, 1.54) is 11.0 Å². The van der Waals surface area contributed by atoms with Crippen molar-refractivity contribution >= 4 is 5.91 Å². The molecule has 1 aromatic carbocycles. The fraction of sp³-hybridized carbons (Fsp3) is 0.385. The zero-order valence-electron chi connectivity index (χ0n) is 10.1. The van der Waals surface area contributed by atoms with Crippen LogP contribution in [0.5, 0.6) is 0 Å². The summed E-state index contributed by atoms with van der Waals surface area (Å²) >= 11 is 0. The largest absolute Gasteiger partial charge is 0.329 e. The number of nitrogens with zero attached hydrogens (tertiary/aromatic N) is 2. The molecule has 1 aromatic rings. The summed E-state index contributed by atoms with van der Waals surface area (Å²) in [4.78, 5) is 13.1. The summed E-state index contributed by atoms with van der Waals surface area (Å²) in [6.07, 6.45) is 0.327. The molecule has 18 heavy (non-hydrogen) atoms. The van der Waals surface area contributed by atoms with Crippen LogP contribution in [0.3, 0.4) is 0 Å². The van der Waals surface area contributed by atoms with Crippen molar-refractivity contribution in [1.29, 1.82) is 5.26 Å². The van der Waals surface area contributed by atoms with Crippen LogP contribution in [0.1, 0.15) is 18.9 Å². The zero-order valence-corrected chi connectivity index (χ0v) is 10.1. The average Bonchev–Trinajstić information content (AvgIpc) is 2.33. The maximum absolute atomic E-state index is 13.4. The summed E-state index contributed by atoms with van der Waals surface area (Å²) in [5.74, 6) is -1.92. The molecule has 0 aliphatic carbocycles. The molecule has 0 unspecified atom stereocenters. The van der Waals surface area contributed by atoms with Crippen molar-refractivity contribution in [2.24, 2.45) is 0 Å². The van der Waals surface area contributed by atoms with Gasteiger partial charge in [-0.25, -0.2) is 8.78 Å². The second-order valence-corrected chi connectivity index (χ2v) is 3.85. The van der Waals surface area contributed by atoms with Crippen molar-refractivity contribution in [3.05, 3.63) is 35.4 Å². The van der Waals surface area contributed by atoms with Gasteiger partial charge >= 0.3 is 0 Å². The van der Waals surface area contributed by atoms with Crippen molar-refractivity contribution in [1.82, 2.24) is 4.90 Å². The fourth-order valence-electron chi connectivity index (χ4n) is 1.61. The summed E-state index contributed by atoms with van der Waals surface area (Å²) in [5, 5.41) is 8.60. The van der Waals surface area contributed by atoms with Crippen molar-refractivity contribution in [3.8, 4) is 6.07 Å². The molecular weight excluding hydrogens is 238 g/mol. The molecule has 0 aromatic heterocycles. The molecule has 3 nitrogen and oxygen atoms in total. The lowest BCUT2D eigenvalue weighted by Gasteiger charge is -2.18.